The fourth-order valence-corrected chi connectivity index (χ4v) is 1.41. The van der Waals surface area contributed by atoms with Gasteiger partial charge in [-0.2, -0.15) is 0 Å². The highest BCUT2D eigenvalue weighted by Gasteiger charge is 1.95. The van der Waals surface area contributed by atoms with Crippen LogP contribution in [-0.4, -0.2) is 18.3 Å². The van der Waals surface area contributed by atoms with Gasteiger partial charge in [0.1, 0.15) is 0 Å². The van der Waals surface area contributed by atoms with Crippen LogP contribution < -0.4 is 0 Å². The minimum absolute atomic E-state index is 0.0881. The molecule has 1 N–H and O–H groups in total. The van der Waals surface area contributed by atoms with Gasteiger partial charge in [0.2, 0.25) is 0 Å². The van der Waals surface area contributed by atoms with Gasteiger partial charge in [0.25, 0.3) is 0 Å². The van der Waals surface area contributed by atoms with Crippen LogP contribution in [0.2, 0.25) is 0 Å². The summed E-state index contributed by atoms with van der Waals surface area (Å²) in [6.45, 7) is 5.23. The lowest BCUT2D eigenvalue weighted by molar-refractivity contribution is 0.0815. The number of rotatable bonds is 4. The van der Waals surface area contributed by atoms with Gasteiger partial charge in [-0.25, -0.2) is 0 Å². The van der Waals surface area contributed by atoms with Crippen molar-refractivity contribution < 1.29 is 9.84 Å². The number of hydrogen-bond acceptors (Lipinski definition) is 2. The average Bonchev–Trinajstić information content (AvgIpc) is 2.03. The summed E-state index contributed by atoms with van der Waals surface area (Å²) in [5.41, 5.74) is 3.68. The molecule has 0 unspecified atom stereocenters. The van der Waals surface area contributed by atoms with Crippen LogP contribution in [0.25, 0.3) is 0 Å². The second kappa shape index (κ2) is 5.00. The molecule has 1 aromatic carbocycles. The van der Waals surface area contributed by atoms with E-state index >= 15 is 0 Å². The molecule has 2 nitrogen and oxygen atoms in total. The Kier molecular flexibility index (Phi) is 3.93. The molecule has 72 valence electrons. The van der Waals surface area contributed by atoms with Gasteiger partial charge in [-0.15, -0.1) is 0 Å². The van der Waals surface area contributed by atoms with Gasteiger partial charge in [-0.05, 0) is 19.4 Å². The number of aliphatic hydroxyl groups is 1. The van der Waals surface area contributed by atoms with Crippen molar-refractivity contribution in [3.05, 3.63) is 34.9 Å². The van der Waals surface area contributed by atoms with E-state index in [1.807, 2.05) is 0 Å². The molecule has 1 aromatic rings. The number of hydrogen-bond donors (Lipinski definition) is 1. The van der Waals surface area contributed by atoms with Crippen LogP contribution in [-0.2, 0) is 11.3 Å². The molecule has 0 spiro atoms. The zero-order valence-corrected chi connectivity index (χ0v) is 8.21. The molecule has 0 aliphatic rings. The van der Waals surface area contributed by atoms with Crippen molar-refractivity contribution in [1.29, 1.82) is 0 Å². The largest absolute Gasteiger partial charge is 0.394 e. The fourth-order valence-electron chi connectivity index (χ4n) is 1.41. The van der Waals surface area contributed by atoms with E-state index in [-0.39, 0.29) is 6.61 Å². The molecule has 1 rings (SSSR count). The Morgan fingerprint density at radius 1 is 1.15 bits per heavy atom. The summed E-state index contributed by atoms with van der Waals surface area (Å²) in [5.74, 6) is 0. The Bertz CT molecular complexity index is 249. The van der Waals surface area contributed by atoms with Gasteiger partial charge in [0.05, 0.1) is 19.8 Å². The molecular formula is C11H16O2. The zero-order chi connectivity index (χ0) is 9.68. The second-order valence-corrected chi connectivity index (χ2v) is 3.27. The lowest BCUT2D eigenvalue weighted by Gasteiger charge is -2.05. The first-order valence-electron chi connectivity index (χ1n) is 4.48. The molecule has 2 heteroatoms. The van der Waals surface area contributed by atoms with Crippen molar-refractivity contribution >= 4 is 0 Å². The Labute approximate surface area is 79.2 Å². The zero-order valence-electron chi connectivity index (χ0n) is 8.21. The Balaban J connectivity index is 2.56. The van der Waals surface area contributed by atoms with E-state index in [4.69, 9.17) is 9.84 Å². The van der Waals surface area contributed by atoms with Crippen molar-refractivity contribution in [1.82, 2.24) is 0 Å². The molecule has 0 saturated heterocycles. The van der Waals surface area contributed by atoms with E-state index in [0.29, 0.717) is 13.2 Å². The van der Waals surface area contributed by atoms with Crippen LogP contribution in [0.4, 0.5) is 0 Å². The molecule has 0 aliphatic carbocycles. The summed E-state index contributed by atoms with van der Waals surface area (Å²) in [5, 5.41) is 8.53. The van der Waals surface area contributed by atoms with Crippen LogP contribution in [0.1, 0.15) is 16.7 Å². The minimum Gasteiger partial charge on any atom is -0.394 e. The molecule has 0 heterocycles. The highest BCUT2D eigenvalue weighted by Crippen LogP contribution is 2.09. The van der Waals surface area contributed by atoms with Crippen molar-refractivity contribution in [2.24, 2.45) is 0 Å². The minimum atomic E-state index is 0.0881. The molecule has 13 heavy (non-hydrogen) atoms. The fraction of sp³-hybridized carbons (Fsp3) is 0.455. The van der Waals surface area contributed by atoms with Crippen molar-refractivity contribution in [3.8, 4) is 0 Å². The third-order valence-corrected chi connectivity index (χ3v) is 1.79. The maximum atomic E-state index is 8.53. The quantitative estimate of drug-likeness (QED) is 0.716. The summed E-state index contributed by atoms with van der Waals surface area (Å²) in [6, 6.07) is 6.34. The Hall–Kier alpha value is -0.860. The highest BCUT2D eigenvalue weighted by molar-refractivity contribution is 5.27. The summed E-state index contributed by atoms with van der Waals surface area (Å²) in [4.78, 5) is 0. The van der Waals surface area contributed by atoms with Crippen LogP contribution in [0.15, 0.2) is 18.2 Å². The number of aliphatic hydroxyl groups excluding tert-OH is 1. The molecule has 0 saturated carbocycles. The normalized spacial score (nSPS) is 10.4. The van der Waals surface area contributed by atoms with Crippen LogP contribution >= 0.6 is 0 Å². The Morgan fingerprint density at radius 2 is 1.77 bits per heavy atom. The Morgan fingerprint density at radius 3 is 2.31 bits per heavy atom. The number of benzene rings is 1. The summed E-state index contributed by atoms with van der Waals surface area (Å²) < 4.78 is 5.23. The summed E-state index contributed by atoms with van der Waals surface area (Å²) in [6.07, 6.45) is 0. The van der Waals surface area contributed by atoms with Gasteiger partial charge in [0.15, 0.2) is 0 Å². The second-order valence-electron chi connectivity index (χ2n) is 3.27. The van der Waals surface area contributed by atoms with E-state index < -0.39 is 0 Å². The molecule has 0 amide bonds. The van der Waals surface area contributed by atoms with E-state index in [1.54, 1.807) is 0 Å². The smallest absolute Gasteiger partial charge is 0.0718 e. The van der Waals surface area contributed by atoms with Crippen LogP contribution in [0.5, 0.6) is 0 Å². The molecule has 0 radical (unpaired) electrons. The molecular weight excluding hydrogens is 164 g/mol. The molecule has 0 bridgehead atoms. The lowest BCUT2D eigenvalue weighted by Crippen LogP contribution is -1.99. The first kappa shape index (κ1) is 10.2. The molecule has 0 atom stereocenters. The van der Waals surface area contributed by atoms with Crippen LogP contribution in [0.3, 0.4) is 0 Å². The molecule has 0 aromatic heterocycles. The lowest BCUT2D eigenvalue weighted by atomic mass is 10.1. The maximum Gasteiger partial charge on any atom is 0.0718 e. The first-order chi connectivity index (χ1) is 6.22. The van der Waals surface area contributed by atoms with Crippen molar-refractivity contribution in [2.75, 3.05) is 13.2 Å². The van der Waals surface area contributed by atoms with Gasteiger partial charge >= 0.3 is 0 Å². The predicted octanol–water partition coefficient (Wildman–Crippen LogP) is 1.81. The molecule has 0 aliphatic heterocycles. The monoisotopic (exact) mass is 180 g/mol. The van der Waals surface area contributed by atoms with Gasteiger partial charge < -0.3 is 9.84 Å². The topological polar surface area (TPSA) is 29.5 Å². The summed E-state index contributed by atoms with van der Waals surface area (Å²) in [7, 11) is 0. The van der Waals surface area contributed by atoms with Crippen LogP contribution in [0, 0.1) is 13.8 Å². The van der Waals surface area contributed by atoms with E-state index in [0.717, 1.165) is 0 Å². The van der Waals surface area contributed by atoms with Gasteiger partial charge in [-0.1, -0.05) is 29.3 Å². The number of aryl methyl sites for hydroxylation is 2. The molecule has 0 fully saturated rings. The van der Waals surface area contributed by atoms with Gasteiger partial charge in [0, 0.05) is 0 Å². The van der Waals surface area contributed by atoms with E-state index in [9.17, 15) is 0 Å². The maximum absolute atomic E-state index is 8.53. The average molecular weight is 180 g/mol. The van der Waals surface area contributed by atoms with Gasteiger partial charge in [-0.3, -0.25) is 0 Å². The highest BCUT2D eigenvalue weighted by atomic mass is 16.5. The van der Waals surface area contributed by atoms with E-state index in [2.05, 4.69) is 32.0 Å². The first-order valence-corrected chi connectivity index (χ1v) is 4.48. The van der Waals surface area contributed by atoms with E-state index in [1.165, 1.54) is 16.7 Å². The predicted molar refractivity (Wildman–Crippen MR) is 52.7 cm³/mol. The third-order valence-electron chi connectivity index (χ3n) is 1.79. The van der Waals surface area contributed by atoms with Crippen molar-refractivity contribution in [2.45, 2.75) is 20.5 Å². The summed E-state index contributed by atoms with van der Waals surface area (Å²) >= 11 is 0. The standard InChI is InChI=1S/C11H16O2/c1-9-5-10(2)7-11(6-9)8-13-4-3-12/h5-7,12H,3-4,8H2,1-2H3. The van der Waals surface area contributed by atoms with Crippen molar-refractivity contribution in [3.63, 3.8) is 0 Å². The number of ether oxygens (including phenoxy) is 1. The third kappa shape index (κ3) is 3.57. The SMILES string of the molecule is Cc1cc(C)cc(COCCO)c1.